The van der Waals surface area contributed by atoms with Gasteiger partial charge in [-0.15, -0.1) is 0 Å². The maximum Gasteiger partial charge on any atom is 0.417 e. The number of carbonyl (C=O) groups excluding carboxylic acids is 1. The summed E-state index contributed by atoms with van der Waals surface area (Å²) in [5.41, 5.74) is -0.217. The molecule has 3 aliphatic heterocycles. The molecule has 206 valence electrons. The molecule has 0 N–H and O–H groups in total. The van der Waals surface area contributed by atoms with Crippen LogP contribution in [0.25, 0.3) is 0 Å². The molecule has 3 aliphatic rings. The van der Waals surface area contributed by atoms with Crippen LogP contribution in [-0.2, 0) is 15.7 Å². The molecule has 10 heteroatoms. The number of likely N-dealkylation sites (tertiary alicyclic amines) is 1. The van der Waals surface area contributed by atoms with Gasteiger partial charge in [0.2, 0.25) is 0 Å². The number of nitrogens with zero attached hydrogens (tertiary/aromatic N) is 4. The van der Waals surface area contributed by atoms with E-state index in [1.54, 1.807) is 0 Å². The molecule has 3 saturated heterocycles. The minimum absolute atomic E-state index is 0.153. The van der Waals surface area contributed by atoms with Crippen LogP contribution >= 0.6 is 0 Å². The Hall–Kier alpha value is -2.85. The molecule has 3 fully saturated rings. The molecule has 0 saturated carbocycles. The largest absolute Gasteiger partial charge is 0.494 e. The Morgan fingerprint density at radius 2 is 1.87 bits per heavy atom. The lowest BCUT2D eigenvalue weighted by Gasteiger charge is -2.47. The van der Waals surface area contributed by atoms with Crippen molar-refractivity contribution in [2.45, 2.75) is 56.8 Å². The predicted molar refractivity (Wildman–Crippen MR) is 139 cm³/mol. The average molecular weight is 533 g/mol. The first-order valence-electron chi connectivity index (χ1n) is 13.4. The second-order valence-electron chi connectivity index (χ2n) is 10.6. The third kappa shape index (κ3) is 6.07. The minimum atomic E-state index is -4.52. The van der Waals surface area contributed by atoms with Crippen molar-refractivity contribution in [1.29, 1.82) is 0 Å². The number of halogens is 3. The summed E-state index contributed by atoms with van der Waals surface area (Å²) in [7, 11) is 0. The number of piperidine rings is 1. The lowest BCUT2D eigenvalue weighted by molar-refractivity contribution is -0.141. The van der Waals surface area contributed by atoms with Gasteiger partial charge in [0.25, 0.3) is 5.91 Å². The number of hydrogen-bond acceptors (Lipinski definition) is 6. The number of rotatable bonds is 7. The predicted octanol–water partition coefficient (Wildman–Crippen LogP) is 4.76. The number of ether oxygens (including phenoxy) is 2. The van der Waals surface area contributed by atoms with Gasteiger partial charge in [-0.05, 0) is 75.9 Å². The van der Waals surface area contributed by atoms with Crippen molar-refractivity contribution < 1.29 is 27.4 Å². The van der Waals surface area contributed by atoms with Gasteiger partial charge in [-0.1, -0.05) is 0 Å². The Kier molecular flexibility index (Phi) is 7.81. The van der Waals surface area contributed by atoms with Gasteiger partial charge in [0, 0.05) is 37.6 Å². The van der Waals surface area contributed by atoms with Crippen molar-refractivity contribution in [3.8, 4) is 5.75 Å². The number of morpholine rings is 1. The lowest BCUT2D eigenvalue weighted by atomic mass is 9.88. The highest BCUT2D eigenvalue weighted by Gasteiger charge is 2.43. The highest BCUT2D eigenvalue weighted by molar-refractivity contribution is 5.95. The monoisotopic (exact) mass is 532 g/mol. The molecular formula is C28H35F3N4O3. The van der Waals surface area contributed by atoms with Crippen molar-refractivity contribution >= 4 is 17.3 Å². The second kappa shape index (κ2) is 11.1. The number of anilines is 2. The Balaban J connectivity index is 1.13. The molecular weight excluding hydrogens is 497 g/mol. The fourth-order valence-electron chi connectivity index (χ4n) is 5.69. The third-order valence-electron chi connectivity index (χ3n) is 8.04. The van der Waals surface area contributed by atoms with Crippen molar-refractivity contribution in [3.05, 3.63) is 48.3 Å². The first-order chi connectivity index (χ1) is 18.2. The van der Waals surface area contributed by atoms with Gasteiger partial charge < -0.3 is 24.2 Å². The average Bonchev–Trinajstić information content (AvgIpc) is 3.33. The van der Waals surface area contributed by atoms with E-state index in [2.05, 4.69) is 33.8 Å². The molecule has 0 aliphatic carbocycles. The van der Waals surface area contributed by atoms with Crippen molar-refractivity contribution in [1.82, 2.24) is 9.88 Å². The summed E-state index contributed by atoms with van der Waals surface area (Å²) >= 11 is 0. The van der Waals surface area contributed by atoms with Crippen LogP contribution in [0.15, 0.2) is 42.7 Å². The number of carbonyl (C=O) groups is 1. The molecule has 5 rings (SSSR count). The van der Waals surface area contributed by atoms with Gasteiger partial charge in [-0.25, -0.2) is 0 Å². The molecule has 1 aromatic heterocycles. The van der Waals surface area contributed by atoms with Crippen LogP contribution in [0.5, 0.6) is 5.75 Å². The quantitative estimate of drug-likeness (QED) is 0.480. The molecule has 1 amide bonds. The van der Waals surface area contributed by atoms with E-state index in [1.165, 1.54) is 30.5 Å². The molecule has 0 unspecified atom stereocenters. The van der Waals surface area contributed by atoms with Gasteiger partial charge in [0.1, 0.15) is 12.4 Å². The highest BCUT2D eigenvalue weighted by Crippen LogP contribution is 2.36. The summed E-state index contributed by atoms with van der Waals surface area (Å²) in [5, 5.41) is 0. The van der Waals surface area contributed by atoms with Crippen molar-refractivity contribution in [2.24, 2.45) is 0 Å². The Morgan fingerprint density at radius 1 is 1.11 bits per heavy atom. The van der Waals surface area contributed by atoms with Crippen LogP contribution < -0.4 is 14.5 Å². The van der Waals surface area contributed by atoms with E-state index >= 15 is 0 Å². The maximum absolute atomic E-state index is 13.2. The first-order valence-corrected chi connectivity index (χ1v) is 13.4. The zero-order valence-electron chi connectivity index (χ0n) is 21.8. The molecule has 0 radical (unpaired) electrons. The lowest BCUT2D eigenvalue weighted by Crippen LogP contribution is -2.59. The van der Waals surface area contributed by atoms with E-state index in [9.17, 15) is 18.0 Å². The van der Waals surface area contributed by atoms with E-state index in [1.807, 2.05) is 12.1 Å². The Bertz CT molecular complexity index is 1100. The van der Waals surface area contributed by atoms with Crippen LogP contribution in [0.3, 0.4) is 0 Å². The first kappa shape index (κ1) is 26.7. The van der Waals surface area contributed by atoms with Crippen molar-refractivity contribution in [3.63, 3.8) is 0 Å². The number of amides is 1. The topological polar surface area (TPSA) is 58.1 Å². The van der Waals surface area contributed by atoms with Crippen LogP contribution in [0.4, 0.5) is 24.5 Å². The summed E-state index contributed by atoms with van der Waals surface area (Å²) in [4.78, 5) is 22.4. The number of benzene rings is 1. The summed E-state index contributed by atoms with van der Waals surface area (Å²) < 4.78 is 51.5. The summed E-state index contributed by atoms with van der Waals surface area (Å²) in [6.07, 6.45) is 2.47. The van der Waals surface area contributed by atoms with Gasteiger partial charge in [-0.2, -0.15) is 13.2 Å². The molecule has 4 heterocycles. The van der Waals surface area contributed by atoms with Crippen LogP contribution in [0.1, 0.15) is 44.6 Å². The van der Waals surface area contributed by atoms with Gasteiger partial charge in [0.15, 0.2) is 0 Å². The molecule has 1 spiro atoms. The second-order valence-corrected chi connectivity index (χ2v) is 10.6. The standard InChI is InChI=1S/C28H35F3N4O3/c1-21-4-2-11-33(21)12-3-15-37-25-7-5-23(6-8-25)34-13-9-27(10-14-34)20-35(26(36)19-38-27)24-16-22(17-32-18-24)28(29,30)31/h5-8,16-18,21H,2-4,9-15,19-20H2,1H3/t21-/m1/s1. The zero-order chi connectivity index (χ0) is 26.8. The van der Waals surface area contributed by atoms with E-state index in [4.69, 9.17) is 9.47 Å². The highest BCUT2D eigenvalue weighted by atomic mass is 19.4. The van der Waals surface area contributed by atoms with E-state index in [-0.39, 0.29) is 24.7 Å². The fraction of sp³-hybridized carbons (Fsp3) is 0.571. The van der Waals surface area contributed by atoms with Crippen LogP contribution in [-0.4, -0.2) is 73.4 Å². The molecule has 0 bridgehead atoms. The number of alkyl halides is 3. The van der Waals surface area contributed by atoms with Crippen molar-refractivity contribution in [2.75, 3.05) is 55.7 Å². The molecule has 1 atom stereocenters. The molecule has 1 aromatic carbocycles. The minimum Gasteiger partial charge on any atom is -0.494 e. The number of pyridine rings is 1. The summed E-state index contributed by atoms with van der Waals surface area (Å²) in [6, 6.07) is 9.77. The fourth-order valence-corrected chi connectivity index (χ4v) is 5.69. The normalized spacial score (nSPS) is 22.3. The molecule has 2 aromatic rings. The van der Waals surface area contributed by atoms with Crippen LogP contribution in [0, 0.1) is 0 Å². The number of hydrogen-bond donors (Lipinski definition) is 0. The van der Waals surface area contributed by atoms with Gasteiger partial charge in [-0.3, -0.25) is 9.78 Å². The maximum atomic E-state index is 13.2. The van der Waals surface area contributed by atoms with E-state index in [0.29, 0.717) is 25.5 Å². The van der Waals surface area contributed by atoms with Gasteiger partial charge in [0.05, 0.1) is 36.2 Å². The Labute approximate surface area is 221 Å². The SMILES string of the molecule is C[C@@H]1CCCN1CCCOc1ccc(N2CCC3(CC2)CN(c2cncc(C(F)(F)F)c2)C(=O)CO3)cc1. The van der Waals surface area contributed by atoms with Gasteiger partial charge >= 0.3 is 6.18 Å². The molecule has 38 heavy (non-hydrogen) atoms. The summed E-state index contributed by atoms with van der Waals surface area (Å²) in [5.74, 6) is 0.501. The zero-order valence-corrected chi connectivity index (χ0v) is 21.8. The smallest absolute Gasteiger partial charge is 0.417 e. The van der Waals surface area contributed by atoms with Crippen LogP contribution in [0.2, 0.25) is 0 Å². The third-order valence-corrected chi connectivity index (χ3v) is 8.04. The van der Waals surface area contributed by atoms with E-state index < -0.39 is 17.3 Å². The Morgan fingerprint density at radius 3 is 2.55 bits per heavy atom. The molecule has 7 nitrogen and oxygen atoms in total. The number of aromatic nitrogens is 1. The summed E-state index contributed by atoms with van der Waals surface area (Å²) in [6.45, 7) is 6.75. The van der Waals surface area contributed by atoms with E-state index in [0.717, 1.165) is 49.8 Å².